The molecule has 0 bridgehead atoms. The SMILES string of the molecule is CCc1ccc(-c2cc(C)c(-c3ccccc3)cn2)cc1C1(C)CCCCC1. The Morgan fingerprint density at radius 1 is 0.893 bits per heavy atom. The number of nitrogens with zero attached hydrogens (tertiary/aromatic N) is 1. The molecule has 0 spiro atoms. The van der Waals surface area contributed by atoms with E-state index in [0.29, 0.717) is 5.41 Å². The molecule has 2 aromatic carbocycles. The van der Waals surface area contributed by atoms with Crippen molar-refractivity contribution in [3.63, 3.8) is 0 Å². The normalized spacial score (nSPS) is 16.1. The van der Waals surface area contributed by atoms with Crippen LogP contribution in [0, 0.1) is 6.92 Å². The predicted molar refractivity (Wildman–Crippen MR) is 120 cm³/mol. The molecule has 4 rings (SSSR count). The molecule has 1 heteroatoms. The Balaban J connectivity index is 1.73. The number of rotatable bonds is 4. The average Bonchev–Trinajstić information content (AvgIpc) is 2.74. The molecule has 0 aliphatic heterocycles. The van der Waals surface area contributed by atoms with Crippen molar-refractivity contribution in [2.45, 2.75) is 64.7 Å². The molecule has 1 nitrogen and oxygen atoms in total. The number of hydrogen-bond acceptors (Lipinski definition) is 1. The van der Waals surface area contributed by atoms with Crippen LogP contribution in [0.4, 0.5) is 0 Å². The minimum Gasteiger partial charge on any atom is -0.256 e. The van der Waals surface area contributed by atoms with Gasteiger partial charge in [-0.3, -0.25) is 4.98 Å². The summed E-state index contributed by atoms with van der Waals surface area (Å²) in [6.45, 7) is 6.95. The molecule has 0 saturated heterocycles. The van der Waals surface area contributed by atoms with Crippen molar-refractivity contribution in [3.8, 4) is 22.4 Å². The number of benzene rings is 2. The molecule has 144 valence electrons. The minimum absolute atomic E-state index is 0.318. The Bertz CT molecular complexity index is 949. The summed E-state index contributed by atoms with van der Waals surface area (Å²) in [6.07, 6.45) is 9.85. The summed E-state index contributed by atoms with van der Waals surface area (Å²) in [4.78, 5) is 4.85. The van der Waals surface area contributed by atoms with Gasteiger partial charge in [0.2, 0.25) is 0 Å². The third-order valence-corrected chi connectivity index (χ3v) is 6.59. The summed E-state index contributed by atoms with van der Waals surface area (Å²) in [7, 11) is 0. The molecular formula is C27H31N. The van der Waals surface area contributed by atoms with Crippen molar-refractivity contribution in [1.82, 2.24) is 4.98 Å². The third kappa shape index (κ3) is 3.63. The maximum atomic E-state index is 4.85. The third-order valence-electron chi connectivity index (χ3n) is 6.59. The second-order valence-corrected chi connectivity index (χ2v) is 8.60. The number of pyridine rings is 1. The van der Waals surface area contributed by atoms with E-state index < -0.39 is 0 Å². The van der Waals surface area contributed by atoms with Crippen LogP contribution in [0.5, 0.6) is 0 Å². The van der Waals surface area contributed by atoms with Crippen LogP contribution in [0.15, 0.2) is 60.8 Å². The van der Waals surface area contributed by atoms with E-state index in [1.54, 1.807) is 5.56 Å². The van der Waals surface area contributed by atoms with Crippen LogP contribution in [0.2, 0.25) is 0 Å². The number of aryl methyl sites for hydroxylation is 2. The molecule has 0 radical (unpaired) electrons. The van der Waals surface area contributed by atoms with E-state index in [0.717, 1.165) is 12.1 Å². The zero-order chi connectivity index (χ0) is 19.6. The Morgan fingerprint density at radius 3 is 2.32 bits per heavy atom. The minimum atomic E-state index is 0.318. The van der Waals surface area contributed by atoms with E-state index in [1.807, 2.05) is 6.20 Å². The van der Waals surface area contributed by atoms with Crippen molar-refractivity contribution < 1.29 is 0 Å². The molecule has 0 atom stereocenters. The van der Waals surface area contributed by atoms with Crippen LogP contribution < -0.4 is 0 Å². The van der Waals surface area contributed by atoms with Gasteiger partial charge in [0, 0.05) is 17.3 Å². The molecule has 0 amide bonds. The lowest BCUT2D eigenvalue weighted by molar-refractivity contribution is 0.318. The lowest BCUT2D eigenvalue weighted by Gasteiger charge is -2.36. The maximum absolute atomic E-state index is 4.85. The molecule has 1 aliphatic rings. The van der Waals surface area contributed by atoms with Gasteiger partial charge in [0.15, 0.2) is 0 Å². The van der Waals surface area contributed by atoms with Crippen LogP contribution in [0.25, 0.3) is 22.4 Å². The summed E-state index contributed by atoms with van der Waals surface area (Å²) in [5.74, 6) is 0. The van der Waals surface area contributed by atoms with Crippen molar-refractivity contribution >= 4 is 0 Å². The van der Waals surface area contributed by atoms with E-state index in [9.17, 15) is 0 Å². The number of hydrogen-bond donors (Lipinski definition) is 0. The van der Waals surface area contributed by atoms with Gasteiger partial charge in [0.05, 0.1) is 5.69 Å². The summed E-state index contributed by atoms with van der Waals surface area (Å²) >= 11 is 0. The number of aromatic nitrogens is 1. The highest BCUT2D eigenvalue weighted by atomic mass is 14.7. The first kappa shape index (κ1) is 18.9. The summed E-state index contributed by atoms with van der Waals surface area (Å²) in [5.41, 5.74) is 9.44. The second-order valence-electron chi connectivity index (χ2n) is 8.60. The van der Waals surface area contributed by atoms with E-state index in [4.69, 9.17) is 4.98 Å². The van der Waals surface area contributed by atoms with Gasteiger partial charge < -0.3 is 0 Å². The molecule has 0 unspecified atom stereocenters. The average molecular weight is 370 g/mol. The first-order chi connectivity index (χ1) is 13.6. The molecule has 1 aromatic heterocycles. The highest BCUT2D eigenvalue weighted by molar-refractivity contribution is 5.71. The fraction of sp³-hybridized carbons (Fsp3) is 0.370. The zero-order valence-electron chi connectivity index (χ0n) is 17.5. The highest BCUT2D eigenvalue weighted by Crippen LogP contribution is 2.42. The van der Waals surface area contributed by atoms with Gasteiger partial charge in [0.1, 0.15) is 0 Å². The Morgan fingerprint density at radius 2 is 1.64 bits per heavy atom. The Labute approximate surface area is 169 Å². The van der Waals surface area contributed by atoms with Crippen molar-refractivity contribution in [1.29, 1.82) is 0 Å². The molecule has 1 aliphatic carbocycles. The largest absolute Gasteiger partial charge is 0.256 e. The van der Waals surface area contributed by atoms with E-state index in [2.05, 4.69) is 75.4 Å². The van der Waals surface area contributed by atoms with Gasteiger partial charge in [-0.15, -0.1) is 0 Å². The second kappa shape index (κ2) is 7.91. The van der Waals surface area contributed by atoms with Gasteiger partial charge in [-0.2, -0.15) is 0 Å². The van der Waals surface area contributed by atoms with Gasteiger partial charge in [-0.05, 0) is 66.0 Å². The molecular weight excluding hydrogens is 338 g/mol. The van der Waals surface area contributed by atoms with Gasteiger partial charge in [-0.1, -0.05) is 75.6 Å². The summed E-state index contributed by atoms with van der Waals surface area (Å²) in [6, 6.07) is 19.8. The van der Waals surface area contributed by atoms with Crippen LogP contribution >= 0.6 is 0 Å². The predicted octanol–water partition coefficient (Wildman–Crippen LogP) is 7.51. The first-order valence-corrected chi connectivity index (χ1v) is 10.8. The van der Waals surface area contributed by atoms with E-state index >= 15 is 0 Å². The van der Waals surface area contributed by atoms with Gasteiger partial charge >= 0.3 is 0 Å². The molecule has 28 heavy (non-hydrogen) atoms. The smallest absolute Gasteiger partial charge is 0.0705 e. The fourth-order valence-corrected chi connectivity index (χ4v) is 4.84. The van der Waals surface area contributed by atoms with Gasteiger partial charge in [0.25, 0.3) is 0 Å². The van der Waals surface area contributed by atoms with Crippen molar-refractivity contribution in [2.75, 3.05) is 0 Å². The Hall–Kier alpha value is -2.41. The highest BCUT2D eigenvalue weighted by Gasteiger charge is 2.30. The van der Waals surface area contributed by atoms with Crippen LogP contribution in [-0.2, 0) is 11.8 Å². The molecule has 3 aromatic rings. The topological polar surface area (TPSA) is 12.9 Å². The van der Waals surface area contributed by atoms with E-state index in [1.165, 1.54) is 59.9 Å². The monoisotopic (exact) mass is 369 g/mol. The summed E-state index contributed by atoms with van der Waals surface area (Å²) in [5, 5.41) is 0. The Kier molecular flexibility index (Phi) is 5.35. The summed E-state index contributed by atoms with van der Waals surface area (Å²) < 4.78 is 0. The maximum Gasteiger partial charge on any atom is 0.0705 e. The van der Waals surface area contributed by atoms with Gasteiger partial charge in [-0.25, -0.2) is 0 Å². The molecule has 1 fully saturated rings. The van der Waals surface area contributed by atoms with Crippen LogP contribution in [0.3, 0.4) is 0 Å². The first-order valence-electron chi connectivity index (χ1n) is 10.8. The fourth-order valence-electron chi connectivity index (χ4n) is 4.84. The van der Waals surface area contributed by atoms with Crippen LogP contribution in [0.1, 0.15) is 62.6 Å². The van der Waals surface area contributed by atoms with Crippen molar-refractivity contribution in [3.05, 3.63) is 77.5 Å². The van der Waals surface area contributed by atoms with Crippen molar-refractivity contribution in [2.24, 2.45) is 0 Å². The van der Waals surface area contributed by atoms with Crippen LogP contribution in [-0.4, -0.2) is 4.98 Å². The lowest BCUT2D eigenvalue weighted by Crippen LogP contribution is -2.26. The molecule has 1 saturated carbocycles. The molecule has 0 N–H and O–H groups in total. The molecule has 1 heterocycles. The zero-order valence-corrected chi connectivity index (χ0v) is 17.5. The standard InChI is InChI=1S/C27H31N/c1-4-21-13-14-23(18-25(21)27(3)15-9-6-10-16-27)26-17-20(2)24(19-28-26)22-11-7-5-8-12-22/h5,7-8,11-14,17-19H,4,6,9-10,15-16H2,1-3H3. The quantitative estimate of drug-likeness (QED) is 0.464. The van der Waals surface area contributed by atoms with E-state index in [-0.39, 0.29) is 0 Å². The lowest BCUT2D eigenvalue weighted by atomic mass is 9.69.